The summed E-state index contributed by atoms with van der Waals surface area (Å²) in [5, 5.41) is 3.67. The van der Waals surface area contributed by atoms with Gasteiger partial charge in [0.15, 0.2) is 0 Å². The van der Waals surface area contributed by atoms with Gasteiger partial charge in [0.05, 0.1) is 13.6 Å². The molecule has 1 atom stereocenters. The largest absolute Gasteiger partial charge is 0.306 e. The van der Waals surface area contributed by atoms with Crippen LogP contribution in [-0.4, -0.2) is 6.54 Å². The third-order valence-electron chi connectivity index (χ3n) is 3.00. The summed E-state index contributed by atoms with van der Waals surface area (Å²) in [6, 6.07) is 4.83. The van der Waals surface area contributed by atoms with Crippen molar-refractivity contribution in [2.75, 3.05) is 6.54 Å². The van der Waals surface area contributed by atoms with Crippen molar-refractivity contribution in [3.05, 3.63) is 40.6 Å². The van der Waals surface area contributed by atoms with Crippen LogP contribution in [0.3, 0.4) is 0 Å². The second-order valence-electron chi connectivity index (χ2n) is 4.55. The summed E-state index contributed by atoms with van der Waals surface area (Å²) in [5.41, 5.74) is 2.70. The van der Waals surface area contributed by atoms with Gasteiger partial charge in [-0.1, -0.05) is 6.92 Å². The number of thiophene rings is 2. The Labute approximate surface area is 139 Å². The first-order valence-electron chi connectivity index (χ1n) is 6.28. The average Bonchev–Trinajstić information content (AvgIpc) is 2.84. The van der Waals surface area contributed by atoms with Crippen LogP contribution >= 0.6 is 54.5 Å². The molecule has 0 fully saturated rings. The van der Waals surface area contributed by atoms with Crippen molar-refractivity contribution >= 4 is 54.5 Å². The third kappa shape index (κ3) is 3.70. The number of hydrogen-bond acceptors (Lipinski definition) is 3. The molecule has 1 N–H and O–H groups in total. The van der Waals surface area contributed by atoms with Crippen LogP contribution < -0.4 is 5.32 Å². The van der Waals surface area contributed by atoms with Crippen molar-refractivity contribution in [1.29, 1.82) is 0 Å². The third-order valence-corrected chi connectivity index (χ3v) is 6.77. The molecular formula is C14H17Br2NS2. The molecule has 2 aromatic heterocycles. The molecule has 0 radical (unpaired) electrons. The van der Waals surface area contributed by atoms with Gasteiger partial charge in [0.2, 0.25) is 0 Å². The molecular weight excluding hydrogens is 406 g/mol. The first-order chi connectivity index (χ1) is 9.02. The lowest BCUT2D eigenvalue weighted by Gasteiger charge is -2.17. The smallest absolute Gasteiger partial charge is 0.0731 e. The van der Waals surface area contributed by atoms with Crippen LogP contribution in [0.2, 0.25) is 0 Å². The molecule has 2 heterocycles. The van der Waals surface area contributed by atoms with E-state index < -0.39 is 0 Å². The minimum absolute atomic E-state index is 0.303. The Hall–Kier alpha value is 0.320. The highest BCUT2D eigenvalue weighted by atomic mass is 79.9. The minimum Gasteiger partial charge on any atom is -0.306 e. The van der Waals surface area contributed by atoms with E-state index in [1.807, 2.05) is 11.3 Å². The quantitative estimate of drug-likeness (QED) is 0.619. The summed E-state index contributed by atoms with van der Waals surface area (Å²) in [7, 11) is 0. The van der Waals surface area contributed by atoms with Crippen LogP contribution in [-0.2, 0) is 0 Å². The van der Waals surface area contributed by atoms with E-state index in [4.69, 9.17) is 0 Å². The molecule has 0 aliphatic carbocycles. The summed E-state index contributed by atoms with van der Waals surface area (Å²) in [6.45, 7) is 7.58. The van der Waals surface area contributed by atoms with Crippen molar-refractivity contribution in [3.8, 4) is 0 Å². The summed E-state index contributed by atoms with van der Waals surface area (Å²) < 4.78 is 2.44. The Kier molecular flexibility index (Phi) is 5.66. The monoisotopic (exact) mass is 421 g/mol. The molecule has 2 rings (SSSR count). The van der Waals surface area contributed by atoms with Crippen LogP contribution in [0.4, 0.5) is 0 Å². The number of halogens is 2. The molecule has 104 valence electrons. The molecule has 0 saturated heterocycles. The van der Waals surface area contributed by atoms with Gasteiger partial charge in [-0.25, -0.2) is 0 Å². The average molecular weight is 423 g/mol. The van der Waals surface area contributed by atoms with E-state index in [-0.39, 0.29) is 0 Å². The second-order valence-corrected chi connectivity index (χ2v) is 9.59. The lowest BCUT2D eigenvalue weighted by Crippen LogP contribution is -2.22. The fourth-order valence-corrected chi connectivity index (χ4v) is 5.44. The maximum Gasteiger partial charge on any atom is 0.0731 e. The molecule has 0 spiro atoms. The Morgan fingerprint density at radius 3 is 2.42 bits per heavy atom. The van der Waals surface area contributed by atoms with Crippen LogP contribution in [0, 0.1) is 13.8 Å². The molecule has 0 amide bonds. The Morgan fingerprint density at radius 2 is 1.95 bits per heavy atom. The topological polar surface area (TPSA) is 12.0 Å². The molecule has 1 nitrogen and oxygen atoms in total. The van der Waals surface area contributed by atoms with E-state index >= 15 is 0 Å². The zero-order valence-electron chi connectivity index (χ0n) is 11.2. The SMILES string of the molecule is CCCNC(c1cc(C)c(Br)s1)c1cc(Br)sc1C. The van der Waals surface area contributed by atoms with Crippen molar-refractivity contribution < 1.29 is 0 Å². The second kappa shape index (κ2) is 6.85. The van der Waals surface area contributed by atoms with Crippen molar-refractivity contribution in [2.24, 2.45) is 0 Å². The maximum atomic E-state index is 3.67. The molecule has 2 aromatic rings. The van der Waals surface area contributed by atoms with Crippen molar-refractivity contribution in [3.63, 3.8) is 0 Å². The van der Waals surface area contributed by atoms with E-state index in [2.05, 4.69) is 70.1 Å². The molecule has 0 aliphatic rings. The van der Waals surface area contributed by atoms with Gasteiger partial charge in [-0.05, 0) is 81.9 Å². The summed E-state index contributed by atoms with van der Waals surface area (Å²) in [5.74, 6) is 0. The van der Waals surface area contributed by atoms with E-state index in [0.717, 1.165) is 13.0 Å². The van der Waals surface area contributed by atoms with Gasteiger partial charge in [-0.2, -0.15) is 0 Å². The van der Waals surface area contributed by atoms with Gasteiger partial charge in [0.25, 0.3) is 0 Å². The van der Waals surface area contributed by atoms with Gasteiger partial charge in [-0.3, -0.25) is 0 Å². The normalized spacial score (nSPS) is 12.9. The summed E-state index contributed by atoms with van der Waals surface area (Å²) >= 11 is 10.9. The lowest BCUT2D eigenvalue weighted by molar-refractivity contribution is 0.605. The van der Waals surface area contributed by atoms with E-state index in [9.17, 15) is 0 Å². The number of nitrogens with one attached hydrogen (secondary N) is 1. The molecule has 19 heavy (non-hydrogen) atoms. The minimum atomic E-state index is 0.303. The molecule has 5 heteroatoms. The molecule has 1 unspecified atom stereocenters. The fraction of sp³-hybridized carbons (Fsp3) is 0.429. The highest BCUT2D eigenvalue weighted by Crippen LogP contribution is 2.38. The Morgan fingerprint density at radius 1 is 1.21 bits per heavy atom. The highest BCUT2D eigenvalue weighted by molar-refractivity contribution is 9.11. The van der Waals surface area contributed by atoms with E-state index in [1.165, 1.54) is 28.5 Å². The summed E-state index contributed by atoms with van der Waals surface area (Å²) in [4.78, 5) is 2.76. The van der Waals surface area contributed by atoms with Crippen LogP contribution in [0.5, 0.6) is 0 Å². The fourth-order valence-electron chi connectivity index (χ4n) is 2.02. The predicted molar refractivity (Wildman–Crippen MR) is 93.6 cm³/mol. The van der Waals surface area contributed by atoms with E-state index in [1.54, 1.807) is 11.3 Å². The van der Waals surface area contributed by atoms with Crippen LogP contribution in [0.1, 0.15) is 40.3 Å². The first-order valence-corrected chi connectivity index (χ1v) is 9.49. The van der Waals surface area contributed by atoms with Gasteiger partial charge < -0.3 is 5.32 Å². The number of aryl methyl sites for hydroxylation is 2. The Bertz CT molecular complexity index is 540. The maximum absolute atomic E-state index is 3.67. The zero-order chi connectivity index (χ0) is 14.0. The van der Waals surface area contributed by atoms with Gasteiger partial charge >= 0.3 is 0 Å². The Balaban J connectivity index is 2.38. The van der Waals surface area contributed by atoms with Gasteiger partial charge in [-0.15, -0.1) is 22.7 Å². The zero-order valence-corrected chi connectivity index (χ0v) is 16.0. The lowest BCUT2D eigenvalue weighted by atomic mass is 10.1. The van der Waals surface area contributed by atoms with E-state index in [0.29, 0.717) is 6.04 Å². The molecule has 0 aliphatic heterocycles. The molecule has 0 saturated carbocycles. The van der Waals surface area contributed by atoms with Gasteiger partial charge in [0.1, 0.15) is 0 Å². The first kappa shape index (κ1) is 15.7. The molecule has 0 bridgehead atoms. The van der Waals surface area contributed by atoms with Crippen molar-refractivity contribution in [2.45, 2.75) is 33.2 Å². The predicted octanol–water partition coefficient (Wildman–Crippen LogP) is 6.04. The number of rotatable bonds is 5. The molecule has 0 aromatic carbocycles. The standard InChI is InChI=1S/C14H17Br2NS2/c1-4-5-17-13(10-7-12(15)18-9(10)3)11-6-8(2)14(16)19-11/h6-7,13,17H,4-5H2,1-3H3. The van der Waals surface area contributed by atoms with Gasteiger partial charge in [0, 0.05) is 9.75 Å². The van der Waals surface area contributed by atoms with Crippen LogP contribution in [0.25, 0.3) is 0 Å². The highest BCUT2D eigenvalue weighted by Gasteiger charge is 2.20. The number of hydrogen-bond donors (Lipinski definition) is 1. The van der Waals surface area contributed by atoms with Crippen LogP contribution in [0.15, 0.2) is 19.7 Å². The van der Waals surface area contributed by atoms with Crippen molar-refractivity contribution in [1.82, 2.24) is 5.32 Å². The summed E-state index contributed by atoms with van der Waals surface area (Å²) in [6.07, 6.45) is 1.15.